The van der Waals surface area contributed by atoms with Crippen molar-refractivity contribution in [2.75, 3.05) is 6.61 Å². The summed E-state index contributed by atoms with van der Waals surface area (Å²) in [5, 5.41) is 0. The van der Waals surface area contributed by atoms with Gasteiger partial charge >= 0.3 is 0 Å². The molecule has 3 rings (SSSR count). The van der Waals surface area contributed by atoms with E-state index in [1.54, 1.807) is 24.3 Å². The van der Waals surface area contributed by atoms with Crippen molar-refractivity contribution in [2.45, 2.75) is 32.6 Å². The van der Waals surface area contributed by atoms with Gasteiger partial charge in [0.1, 0.15) is 5.75 Å². The molecule has 0 N–H and O–H groups in total. The molecule has 0 saturated carbocycles. The average Bonchev–Trinajstić information content (AvgIpc) is 2.73. The van der Waals surface area contributed by atoms with Crippen molar-refractivity contribution >= 4 is 0 Å². The molecule has 3 aromatic carbocycles. The third-order valence-corrected chi connectivity index (χ3v) is 4.78. The fourth-order valence-electron chi connectivity index (χ4n) is 3.21. The zero-order valence-electron chi connectivity index (χ0n) is 16.5. The van der Waals surface area contributed by atoms with E-state index in [9.17, 15) is 22.0 Å². The Hall–Kier alpha value is -2.89. The third-order valence-electron chi connectivity index (χ3n) is 4.78. The molecule has 0 amide bonds. The van der Waals surface area contributed by atoms with Gasteiger partial charge in [-0.3, -0.25) is 0 Å². The molecule has 1 nitrogen and oxygen atoms in total. The Balaban J connectivity index is 1.58. The largest absolute Gasteiger partial charge is 0.493 e. The first kappa shape index (κ1) is 21.8. The molecule has 0 unspecified atom stereocenters. The van der Waals surface area contributed by atoms with Gasteiger partial charge in [0.25, 0.3) is 0 Å². The molecule has 0 aliphatic rings. The van der Waals surface area contributed by atoms with E-state index in [-0.39, 0.29) is 17.9 Å². The van der Waals surface area contributed by atoms with E-state index in [0.29, 0.717) is 30.4 Å². The maximum atomic E-state index is 14.4. The fourth-order valence-corrected chi connectivity index (χ4v) is 3.21. The lowest BCUT2D eigenvalue weighted by molar-refractivity contribution is 0.304. The molecule has 0 heterocycles. The van der Waals surface area contributed by atoms with Crippen molar-refractivity contribution in [3.8, 4) is 16.9 Å². The van der Waals surface area contributed by atoms with Crippen LogP contribution >= 0.6 is 0 Å². The third kappa shape index (κ3) is 4.99. The minimum atomic E-state index is -1.53. The minimum absolute atomic E-state index is 0.0780. The summed E-state index contributed by atoms with van der Waals surface area (Å²) in [4.78, 5) is 0. The first-order valence-electron chi connectivity index (χ1n) is 9.74. The van der Waals surface area contributed by atoms with Gasteiger partial charge in [0.05, 0.1) is 6.61 Å². The molecule has 0 aliphatic heterocycles. The van der Waals surface area contributed by atoms with Crippen molar-refractivity contribution in [1.82, 2.24) is 0 Å². The molecule has 0 fully saturated rings. The molecule has 0 radical (unpaired) electrons. The van der Waals surface area contributed by atoms with Crippen molar-refractivity contribution in [3.63, 3.8) is 0 Å². The standard InChI is InChI=1S/C24H21F5O/c1-2-4-17-10-11-19(23(28)22(17)27)16-8-6-15(7-9-16)5-3-12-30-18-13-20(25)24(29)21(26)14-18/h6-11,13-14H,2-5,12H2,1H3. The van der Waals surface area contributed by atoms with Crippen LogP contribution in [0, 0.1) is 29.1 Å². The summed E-state index contributed by atoms with van der Waals surface area (Å²) in [5.74, 6) is -5.85. The van der Waals surface area contributed by atoms with Crippen LogP contribution in [0.25, 0.3) is 11.1 Å². The van der Waals surface area contributed by atoms with Crippen LogP contribution in [-0.2, 0) is 12.8 Å². The molecule has 3 aromatic rings. The molecule has 0 aromatic heterocycles. The van der Waals surface area contributed by atoms with E-state index < -0.39 is 29.1 Å². The lowest BCUT2D eigenvalue weighted by atomic mass is 9.99. The molecule has 0 atom stereocenters. The zero-order valence-corrected chi connectivity index (χ0v) is 16.5. The normalized spacial score (nSPS) is 11.0. The maximum Gasteiger partial charge on any atom is 0.194 e. The Morgan fingerprint density at radius 2 is 1.40 bits per heavy atom. The summed E-state index contributed by atoms with van der Waals surface area (Å²) in [7, 11) is 0. The monoisotopic (exact) mass is 420 g/mol. The van der Waals surface area contributed by atoms with Crippen molar-refractivity contribution in [1.29, 1.82) is 0 Å². The van der Waals surface area contributed by atoms with Crippen LogP contribution in [0.15, 0.2) is 48.5 Å². The van der Waals surface area contributed by atoms with Crippen LogP contribution in [-0.4, -0.2) is 6.61 Å². The van der Waals surface area contributed by atoms with E-state index in [1.807, 2.05) is 19.1 Å². The summed E-state index contributed by atoms with van der Waals surface area (Å²) < 4.78 is 73.1. The van der Waals surface area contributed by atoms with Crippen LogP contribution < -0.4 is 4.74 Å². The number of benzene rings is 3. The molecule has 0 aliphatic carbocycles. The average molecular weight is 420 g/mol. The van der Waals surface area contributed by atoms with E-state index in [1.165, 1.54) is 0 Å². The lowest BCUT2D eigenvalue weighted by Crippen LogP contribution is -2.01. The van der Waals surface area contributed by atoms with E-state index in [0.717, 1.165) is 24.1 Å². The predicted octanol–water partition coefficient (Wildman–Crippen LogP) is 7.01. The van der Waals surface area contributed by atoms with Crippen molar-refractivity contribution < 1.29 is 26.7 Å². The SMILES string of the molecule is CCCc1ccc(-c2ccc(CCCOc3cc(F)c(F)c(F)c3)cc2)c(F)c1F. The van der Waals surface area contributed by atoms with Gasteiger partial charge in [-0.1, -0.05) is 49.7 Å². The molecule has 0 spiro atoms. The fraction of sp³-hybridized carbons (Fsp3) is 0.250. The maximum absolute atomic E-state index is 14.4. The molecule has 0 saturated heterocycles. The van der Waals surface area contributed by atoms with Gasteiger partial charge in [0, 0.05) is 17.7 Å². The second kappa shape index (κ2) is 9.74. The molecular formula is C24H21F5O. The highest BCUT2D eigenvalue weighted by molar-refractivity contribution is 5.65. The Labute approximate surface area is 172 Å². The first-order chi connectivity index (χ1) is 14.4. The molecule has 0 bridgehead atoms. The number of ether oxygens (including phenoxy) is 1. The smallest absolute Gasteiger partial charge is 0.194 e. The Morgan fingerprint density at radius 3 is 2.03 bits per heavy atom. The van der Waals surface area contributed by atoms with E-state index in [4.69, 9.17) is 4.74 Å². The van der Waals surface area contributed by atoms with Gasteiger partial charge in [0.2, 0.25) is 0 Å². The Bertz CT molecular complexity index is 992. The lowest BCUT2D eigenvalue weighted by Gasteiger charge is -2.10. The summed E-state index contributed by atoms with van der Waals surface area (Å²) in [6.07, 6.45) is 2.38. The van der Waals surface area contributed by atoms with Crippen LogP contribution in [0.3, 0.4) is 0 Å². The minimum Gasteiger partial charge on any atom is -0.493 e. The molecular weight excluding hydrogens is 399 g/mol. The summed E-state index contributed by atoms with van der Waals surface area (Å²) >= 11 is 0. The number of halogens is 5. The van der Waals surface area contributed by atoms with Crippen molar-refractivity contribution in [3.05, 3.63) is 88.7 Å². The highest BCUT2D eigenvalue weighted by Gasteiger charge is 2.14. The molecule has 158 valence electrons. The molecule has 6 heteroatoms. The van der Waals surface area contributed by atoms with Crippen LogP contribution in [0.1, 0.15) is 30.9 Å². The van der Waals surface area contributed by atoms with Crippen molar-refractivity contribution in [2.24, 2.45) is 0 Å². The van der Waals surface area contributed by atoms with E-state index >= 15 is 0 Å². The van der Waals surface area contributed by atoms with Gasteiger partial charge in [-0.15, -0.1) is 0 Å². The highest BCUT2D eigenvalue weighted by Crippen LogP contribution is 2.27. The van der Waals surface area contributed by atoms with Crippen LogP contribution in [0.5, 0.6) is 5.75 Å². The van der Waals surface area contributed by atoms with Gasteiger partial charge in [-0.05, 0) is 36.0 Å². The second-order valence-electron chi connectivity index (χ2n) is 7.00. The molecule has 30 heavy (non-hydrogen) atoms. The van der Waals surface area contributed by atoms with Crippen LogP contribution in [0.4, 0.5) is 22.0 Å². The van der Waals surface area contributed by atoms with Gasteiger partial charge in [-0.25, -0.2) is 22.0 Å². The Morgan fingerprint density at radius 1 is 0.733 bits per heavy atom. The van der Waals surface area contributed by atoms with Gasteiger partial charge in [0.15, 0.2) is 29.1 Å². The quantitative estimate of drug-likeness (QED) is 0.216. The summed E-state index contributed by atoms with van der Waals surface area (Å²) in [6.45, 7) is 2.09. The topological polar surface area (TPSA) is 9.23 Å². The predicted molar refractivity (Wildman–Crippen MR) is 106 cm³/mol. The second-order valence-corrected chi connectivity index (χ2v) is 7.00. The van der Waals surface area contributed by atoms with Crippen LogP contribution in [0.2, 0.25) is 0 Å². The highest BCUT2D eigenvalue weighted by atomic mass is 19.2. The summed E-state index contributed by atoms with van der Waals surface area (Å²) in [5.41, 5.74) is 2.10. The zero-order chi connectivity index (χ0) is 21.7. The number of rotatable bonds is 8. The van der Waals surface area contributed by atoms with Gasteiger partial charge < -0.3 is 4.74 Å². The number of hydrogen-bond acceptors (Lipinski definition) is 1. The number of aryl methyl sites for hydroxylation is 2. The first-order valence-corrected chi connectivity index (χ1v) is 9.74. The Kier molecular flexibility index (Phi) is 7.08. The van der Waals surface area contributed by atoms with Gasteiger partial charge in [-0.2, -0.15) is 0 Å². The number of hydrogen-bond donors (Lipinski definition) is 0. The van der Waals surface area contributed by atoms with E-state index in [2.05, 4.69) is 0 Å². The summed E-state index contributed by atoms with van der Waals surface area (Å²) in [6, 6.07) is 11.9.